The first-order valence-corrected chi connectivity index (χ1v) is 4.83. The van der Waals surface area contributed by atoms with Crippen LogP contribution in [-0.2, 0) is 4.74 Å². The summed E-state index contributed by atoms with van der Waals surface area (Å²) in [6.07, 6.45) is 1.56. The number of amides is 1. The van der Waals surface area contributed by atoms with Crippen molar-refractivity contribution in [2.75, 3.05) is 6.61 Å². The van der Waals surface area contributed by atoms with Crippen molar-refractivity contribution in [3.63, 3.8) is 0 Å². The van der Waals surface area contributed by atoms with Crippen LogP contribution in [0.4, 0.5) is 4.79 Å². The molecule has 0 unspecified atom stereocenters. The number of benzene rings is 1. The topological polar surface area (TPSA) is 54.1 Å². The fraction of sp³-hybridized carbons (Fsp3) is 0.182. The standard InChI is InChI=1S/C11H10N2O2.ClH/c14-11-13-10(6-15-11)7-1-2-9-8(5-7)3-4-12-9;/h1-5,10,12H,6H2,(H,13,14);1H/t10-;/m1./s1. The van der Waals surface area contributed by atoms with Crippen molar-refractivity contribution in [3.8, 4) is 0 Å². The monoisotopic (exact) mass is 238 g/mol. The molecule has 0 radical (unpaired) electrons. The summed E-state index contributed by atoms with van der Waals surface area (Å²) in [5.74, 6) is 0. The molecule has 1 aliphatic heterocycles. The first kappa shape index (κ1) is 10.8. The number of hydrogen-bond donors (Lipinski definition) is 2. The second-order valence-corrected chi connectivity index (χ2v) is 3.62. The molecule has 1 aromatic carbocycles. The van der Waals surface area contributed by atoms with E-state index < -0.39 is 0 Å². The number of aromatic amines is 1. The molecule has 3 rings (SSSR count). The van der Waals surface area contributed by atoms with Gasteiger partial charge in [0.2, 0.25) is 0 Å². The van der Waals surface area contributed by atoms with Gasteiger partial charge in [-0.1, -0.05) is 6.07 Å². The third-order valence-corrected chi connectivity index (χ3v) is 2.65. The van der Waals surface area contributed by atoms with Gasteiger partial charge in [0, 0.05) is 11.7 Å². The van der Waals surface area contributed by atoms with Crippen LogP contribution in [0.15, 0.2) is 30.5 Å². The van der Waals surface area contributed by atoms with Crippen LogP contribution in [0.5, 0.6) is 0 Å². The van der Waals surface area contributed by atoms with E-state index in [2.05, 4.69) is 16.4 Å². The maximum Gasteiger partial charge on any atom is 0.407 e. The molecule has 1 amide bonds. The van der Waals surface area contributed by atoms with Crippen LogP contribution in [0.25, 0.3) is 10.9 Å². The first-order valence-electron chi connectivity index (χ1n) is 4.83. The minimum atomic E-state index is -0.339. The Morgan fingerprint density at radius 1 is 1.31 bits per heavy atom. The molecule has 4 nitrogen and oxygen atoms in total. The van der Waals surface area contributed by atoms with Crippen molar-refractivity contribution < 1.29 is 9.53 Å². The molecule has 1 saturated heterocycles. The number of H-pyrrole nitrogens is 1. The van der Waals surface area contributed by atoms with Gasteiger partial charge in [-0.3, -0.25) is 0 Å². The summed E-state index contributed by atoms with van der Waals surface area (Å²) < 4.78 is 4.86. The smallest absolute Gasteiger partial charge is 0.407 e. The van der Waals surface area contributed by atoms with Gasteiger partial charge >= 0.3 is 6.09 Å². The molecule has 0 aliphatic carbocycles. The summed E-state index contributed by atoms with van der Waals surface area (Å²) in [5.41, 5.74) is 2.18. The number of cyclic esters (lactones) is 1. The van der Waals surface area contributed by atoms with Gasteiger partial charge in [0.05, 0.1) is 6.04 Å². The Morgan fingerprint density at radius 3 is 2.94 bits per heavy atom. The molecule has 1 atom stereocenters. The van der Waals surface area contributed by atoms with Crippen LogP contribution in [0.1, 0.15) is 11.6 Å². The van der Waals surface area contributed by atoms with Gasteiger partial charge in [0.25, 0.3) is 0 Å². The number of carbonyl (C=O) groups excluding carboxylic acids is 1. The lowest BCUT2D eigenvalue weighted by Gasteiger charge is -2.07. The Kier molecular flexibility index (Phi) is 2.75. The number of nitrogens with one attached hydrogen (secondary N) is 2. The third-order valence-electron chi connectivity index (χ3n) is 2.65. The van der Waals surface area contributed by atoms with Crippen LogP contribution in [-0.4, -0.2) is 17.7 Å². The molecule has 16 heavy (non-hydrogen) atoms. The summed E-state index contributed by atoms with van der Waals surface area (Å²) >= 11 is 0. The maximum absolute atomic E-state index is 10.9. The SMILES string of the molecule is Cl.O=C1N[C@@H](c2ccc3[nH]ccc3c2)CO1. The highest BCUT2D eigenvalue weighted by Crippen LogP contribution is 2.22. The molecule has 0 bridgehead atoms. The van der Waals surface area contributed by atoms with Gasteiger partial charge in [0.15, 0.2) is 0 Å². The second kappa shape index (κ2) is 4.06. The van der Waals surface area contributed by atoms with E-state index in [1.165, 1.54) is 0 Å². The molecule has 2 aromatic rings. The van der Waals surface area contributed by atoms with Gasteiger partial charge in [-0.25, -0.2) is 4.79 Å². The lowest BCUT2D eigenvalue weighted by molar-refractivity contribution is 0.177. The van der Waals surface area contributed by atoms with E-state index in [-0.39, 0.29) is 24.5 Å². The molecule has 0 spiro atoms. The van der Waals surface area contributed by atoms with E-state index in [9.17, 15) is 4.79 Å². The molecule has 0 saturated carbocycles. The molecule has 5 heteroatoms. The second-order valence-electron chi connectivity index (χ2n) is 3.62. The highest BCUT2D eigenvalue weighted by atomic mass is 35.5. The van der Waals surface area contributed by atoms with Crippen molar-refractivity contribution in [3.05, 3.63) is 36.0 Å². The lowest BCUT2D eigenvalue weighted by Crippen LogP contribution is -2.18. The average Bonchev–Trinajstić information content (AvgIpc) is 2.84. The van der Waals surface area contributed by atoms with Crippen LogP contribution in [0, 0.1) is 0 Å². The number of fused-ring (bicyclic) bond motifs is 1. The van der Waals surface area contributed by atoms with E-state index in [1.54, 1.807) is 0 Å². The Balaban J connectivity index is 0.000000963. The molecule has 84 valence electrons. The molecular weight excluding hydrogens is 228 g/mol. The van der Waals surface area contributed by atoms with Crippen molar-refractivity contribution in [1.29, 1.82) is 0 Å². The number of rotatable bonds is 1. The summed E-state index contributed by atoms with van der Waals surface area (Å²) in [6.45, 7) is 0.411. The minimum Gasteiger partial charge on any atom is -0.447 e. The van der Waals surface area contributed by atoms with Gasteiger partial charge in [-0.15, -0.1) is 12.4 Å². The summed E-state index contributed by atoms with van der Waals surface area (Å²) in [4.78, 5) is 14.0. The molecule has 1 aromatic heterocycles. The quantitative estimate of drug-likeness (QED) is 0.802. The van der Waals surface area contributed by atoms with Crippen molar-refractivity contribution in [1.82, 2.24) is 10.3 Å². The Hall–Kier alpha value is -1.68. The maximum atomic E-state index is 10.9. The predicted octanol–water partition coefficient (Wildman–Crippen LogP) is 2.37. The minimum absolute atomic E-state index is 0. The van der Waals surface area contributed by atoms with Crippen molar-refractivity contribution in [2.45, 2.75) is 6.04 Å². The highest BCUT2D eigenvalue weighted by Gasteiger charge is 2.23. The fourth-order valence-electron chi connectivity index (χ4n) is 1.85. The van der Waals surface area contributed by atoms with E-state index in [4.69, 9.17) is 4.74 Å². The van der Waals surface area contributed by atoms with Crippen molar-refractivity contribution in [2.24, 2.45) is 0 Å². The van der Waals surface area contributed by atoms with Gasteiger partial charge in [-0.05, 0) is 29.1 Å². The zero-order valence-corrected chi connectivity index (χ0v) is 9.21. The lowest BCUT2D eigenvalue weighted by atomic mass is 10.1. The molecule has 2 heterocycles. The van der Waals surface area contributed by atoms with Gasteiger partial charge in [-0.2, -0.15) is 0 Å². The zero-order chi connectivity index (χ0) is 10.3. The number of halogens is 1. The molecule has 1 fully saturated rings. The average molecular weight is 239 g/mol. The molecule has 1 aliphatic rings. The number of ether oxygens (including phenoxy) is 1. The summed E-state index contributed by atoms with van der Waals surface area (Å²) in [7, 11) is 0. The first-order chi connectivity index (χ1) is 7.33. The van der Waals surface area contributed by atoms with E-state index >= 15 is 0 Å². The van der Waals surface area contributed by atoms with Gasteiger partial charge in [0.1, 0.15) is 6.61 Å². The zero-order valence-electron chi connectivity index (χ0n) is 8.40. The summed E-state index contributed by atoms with van der Waals surface area (Å²) in [5, 5.41) is 3.90. The summed E-state index contributed by atoms with van der Waals surface area (Å²) in [6, 6.07) is 8.06. The fourth-order valence-corrected chi connectivity index (χ4v) is 1.85. The largest absolute Gasteiger partial charge is 0.447 e. The van der Waals surface area contributed by atoms with Crippen LogP contribution in [0.2, 0.25) is 0 Å². The Bertz CT molecular complexity index is 523. The Labute approximate surface area is 98.4 Å². The van der Waals surface area contributed by atoms with Crippen LogP contribution < -0.4 is 5.32 Å². The van der Waals surface area contributed by atoms with Crippen molar-refractivity contribution >= 4 is 29.4 Å². The van der Waals surface area contributed by atoms with E-state index in [0.29, 0.717) is 6.61 Å². The van der Waals surface area contributed by atoms with Crippen LogP contribution in [0.3, 0.4) is 0 Å². The number of carbonyl (C=O) groups is 1. The number of alkyl carbamates (subject to hydrolysis) is 1. The van der Waals surface area contributed by atoms with E-state index in [1.807, 2.05) is 24.4 Å². The highest BCUT2D eigenvalue weighted by molar-refractivity contribution is 5.85. The van der Waals surface area contributed by atoms with Crippen LogP contribution >= 0.6 is 12.4 Å². The molecule has 2 N–H and O–H groups in total. The Morgan fingerprint density at radius 2 is 2.19 bits per heavy atom. The predicted molar refractivity (Wildman–Crippen MR) is 62.8 cm³/mol. The normalized spacial score (nSPS) is 19.0. The number of aromatic nitrogens is 1. The van der Waals surface area contributed by atoms with Gasteiger partial charge < -0.3 is 15.0 Å². The number of hydrogen-bond acceptors (Lipinski definition) is 2. The molecular formula is C11H11ClN2O2. The van der Waals surface area contributed by atoms with E-state index in [0.717, 1.165) is 16.5 Å². The third kappa shape index (κ3) is 1.72.